The molecule has 2 aromatic rings. The number of benzene rings is 2. The van der Waals surface area contributed by atoms with Crippen LogP contribution in [0.15, 0.2) is 54.1 Å². The number of ether oxygens (including phenoxy) is 1. The number of methoxy groups -OCH3 is 1. The maximum absolute atomic E-state index is 14.2. The molecule has 3 nitrogen and oxygen atoms in total. The third-order valence-electron chi connectivity index (χ3n) is 5.38. The molecule has 0 bridgehead atoms. The Kier molecular flexibility index (Phi) is 5.98. The van der Waals surface area contributed by atoms with Crippen molar-refractivity contribution in [3.63, 3.8) is 0 Å². The average Bonchev–Trinajstić information content (AvgIpc) is 2.65. The van der Waals surface area contributed by atoms with Crippen molar-refractivity contribution in [3.8, 4) is 5.75 Å². The van der Waals surface area contributed by atoms with Gasteiger partial charge in [-0.25, -0.2) is 4.39 Å². The summed E-state index contributed by atoms with van der Waals surface area (Å²) in [5.41, 5.74) is 1.19. The smallest absolute Gasteiger partial charge is 0.125 e. The Hall–Kier alpha value is -2.17. The van der Waals surface area contributed by atoms with Gasteiger partial charge in [-0.1, -0.05) is 36.4 Å². The first-order chi connectivity index (χ1) is 12.9. The van der Waals surface area contributed by atoms with Gasteiger partial charge in [-0.2, -0.15) is 0 Å². The SMILES string of the molecule is COc1ccc(F)cc1C1(O)/C(=C\c2ccccc2)CCCC1CN(C)C. The van der Waals surface area contributed by atoms with Crippen LogP contribution in [-0.4, -0.2) is 37.8 Å². The highest BCUT2D eigenvalue weighted by Crippen LogP contribution is 2.49. The van der Waals surface area contributed by atoms with E-state index in [9.17, 15) is 9.50 Å². The van der Waals surface area contributed by atoms with Gasteiger partial charge in [0.1, 0.15) is 17.2 Å². The second-order valence-corrected chi connectivity index (χ2v) is 7.54. The van der Waals surface area contributed by atoms with Gasteiger partial charge in [0.25, 0.3) is 0 Å². The lowest BCUT2D eigenvalue weighted by atomic mass is 9.67. The summed E-state index contributed by atoms with van der Waals surface area (Å²) in [6, 6.07) is 14.4. The topological polar surface area (TPSA) is 32.7 Å². The second-order valence-electron chi connectivity index (χ2n) is 7.54. The molecule has 1 fully saturated rings. The number of aliphatic hydroxyl groups is 1. The van der Waals surface area contributed by atoms with E-state index in [-0.39, 0.29) is 11.7 Å². The van der Waals surface area contributed by atoms with Crippen molar-refractivity contribution in [1.82, 2.24) is 4.90 Å². The molecule has 0 aliphatic heterocycles. The summed E-state index contributed by atoms with van der Waals surface area (Å²) in [6.45, 7) is 0.711. The van der Waals surface area contributed by atoms with Gasteiger partial charge >= 0.3 is 0 Å². The van der Waals surface area contributed by atoms with Crippen LogP contribution in [0.5, 0.6) is 5.75 Å². The van der Waals surface area contributed by atoms with Crippen LogP contribution in [0.3, 0.4) is 0 Å². The van der Waals surface area contributed by atoms with E-state index in [2.05, 4.69) is 4.90 Å². The summed E-state index contributed by atoms with van der Waals surface area (Å²) in [7, 11) is 5.56. The van der Waals surface area contributed by atoms with E-state index in [0.717, 1.165) is 30.4 Å². The third-order valence-corrected chi connectivity index (χ3v) is 5.38. The third kappa shape index (κ3) is 4.07. The van der Waals surface area contributed by atoms with Crippen molar-refractivity contribution in [3.05, 3.63) is 71.0 Å². The first-order valence-electron chi connectivity index (χ1n) is 9.42. The number of hydrogen-bond acceptors (Lipinski definition) is 3. The summed E-state index contributed by atoms with van der Waals surface area (Å²) in [5.74, 6) is 0.0999. The summed E-state index contributed by atoms with van der Waals surface area (Å²) in [4.78, 5) is 2.08. The fraction of sp³-hybridized carbons (Fsp3) is 0.391. The van der Waals surface area contributed by atoms with Gasteiger partial charge < -0.3 is 14.7 Å². The van der Waals surface area contributed by atoms with Gasteiger partial charge in [0.2, 0.25) is 0 Å². The van der Waals surface area contributed by atoms with Gasteiger partial charge in [0.05, 0.1) is 7.11 Å². The highest BCUT2D eigenvalue weighted by atomic mass is 19.1. The molecule has 0 saturated heterocycles. The van der Waals surface area contributed by atoms with E-state index in [1.165, 1.54) is 12.1 Å². The summed E-state index contributed by atoms with van der Waals surface area (Å²) in [5, 5.41) is 12.1. The Morgan fingerprint density at radius 3 is 2.63 bits per heavy atom. The lowest BCUT2D eigenvalue weighted by molar-refractivity contribution is -0.0192. The zero-order chi connectivity index (χ0) is 19.4. The first kappa shape index (κ1) is 19.6. The van der Waals surface area contributed by atoms with Gasteiger partial charge in [-0.15, -0.1) is 0 Å². The molecule has 2 unspecified atom stereocenters. The largest absolute Gasteiger partial charge is 0.496 e. The van der Waals surface area contributed by atoms with Crippen molar-refractivity contribution in [2.24, 2.45) is 5.92 Å². The number of hydrogen-bond donors (Lipinski definition) is 1. The lowest BCUT2D eigenvalue weighted by Crippen LogP contribution is -2.45. The lowest BCUT2D eigenvalue weighted by Gasteiger charge is -2.44. The van der Waals surface area contributed by atoms with Crippen LogP contribution >= 0.6 is 0 Å². The molecule has 3 rings (SSSR count). The monoisotopic (exact) mass is 369 g/mol. The fourth-order valence-corrected chi connectivity index (χ4v) is 4.17. The van der Waals surface area contributed by atoms with Crippen molar-refractivity contribution in [2.45, 2.75) is 24.9 Å². The Morgan fingerprint density at radius 2 is 1.96 bits per heavy atom. The van der Waals surface area contributed by atoms with Gasteiger partial charge in [0, 0.05) is 18.0 Å². The van der Waals surface area contributed by atoms with Gasteiger partial charge in [-0.3, -0.25) is 0 Å². The van der Waals surface area contributed by atoms with Crippen LogP contribution in [0, 0.1) is 11.7 Å². The molecule has 144 valence electrons. The molecule has 1 aliphatic rings. The second kappa shape index (κ2) is 8.24. The van der Waals surface area contributed by atoms with Gasteiger partial charge in [-0.05, 0) is 62.7 Å². The van der Waals surface area contributed by atoms with E-state index < -0.39 is 5.60 Å². The van der Waals surface area contributed by atoms with E-state index in [1.54, 1.807) is 13.2 Å². The van der Waals surface area contributed by atoms with Gasteiger partial charge in [0.15, 0.2) is 0 Å². The van der Waals surface area contributed by atoms with Crippen molar-refractivity contribution in [1.29, 1.82) is 0 Å². The molecule has 4 heteroatoms. The molecule has 27 heavy (non-hydrogen) atoms. The quantitative estimate of drug-likeness (QED) is 0.844. The zero-order valence-electron chi connectivity index (χ0n) is 16.3. The molecule has 1 N–H and O–H groups in total. The minimum absolute atomic E-state index is 0.0492. The fourth-order valence-electron chi connectivity index (χ4n) is 4.17. The van der Waals surface area contributed by atoms with Crippen LogP contribution in [-0.2, 0) is 5.60 Å². The number of nitrogens with zero attached hydrogens (tertiary/aromatic N) is 1. The molecular weight excluding hydrogens is 341 g/mol. The molecule has 1 saturated carbocycles. The molecule has 0 heterocycles. The minimum Gasteiger partial charge on any atom is -0.496 e. The molecule has 2 atom stereocenters. The molecular formula is C23H28FNO2. The predicted molar refractivity (Wildman–Crippen MR) is 107 cm³/mol. The number of rotatable bonds is 5. The van der Waals surface area contributed by atoms with Crippen molar-refractivity contribution in [2.75, 3.05) is 27.7 Å². The number of halogens is 1. The maximum Gasteiger partial charge on any atom is 0.125 e. The molecule has 0 amide bonds. The molecule has 0 spiro atoms. The van der Waals surface area contributed by atoms with E-state index in [1.807, 2.05) is 50.5 Å². The van der Waals surface area contributed by atoms with Crippen LogP contribution in [0.25, 0.3) is 6.08 Å². The zero-order valence-corrected chi connectivity index (χ0v) is 16.3. The average molecular weight is 369 g/mol. The molecule has 0 aromatic heterocycles. The summed E-state index contributed by atoms with van der Waals surface area (Å²) in [6.07, 6.45) is 4.69. The van der Waals surface area contributed by atoms with E-state index >= 15 is 0 Å². The van der Waals surface area contributed by atoms with Crippen LogP contribution in [0.4, 0.5) is 4.39 Å². The van der Waals surface area contributed by atoms with Crippen molar-refractivity contribution >= 4 is 6.08 Å². The van der Waals surface area contributed by atoms with Crippen LogP contribution in [0.2, 0.25) is 0 Å². The van der Waals surface area contributed by atoms with Crippen LogP contribution < -0.4 is 4.74 Å². The predicted octanol–water partition coefficient (Wildman–Crippen LogP) is 4.47. The van der Waals surface area contributed by atoms with Crippen molar-refractivity contribution < 1.29 is 14.2 Å². The standard InChI is InChI=1S/C23H28FNO2/c1-25(2)16-19-11-7-10-18(14-17-8-5-4-6-9-17)23(19,26)21-15-20(24)12-13-22(21)27-3/h4-6,8-9,12-15,19,26H,7,10-11,16H2,1-3H3/b18-14-. The molecule has 1 aliphatic carbocycles. The maximum atomic E-state index is 14.2. The Balaban J connectivity index is 2.18. The Morgan fingerprint density at radius 1 is 1.22 bits per heavy atom. The van der Waals surface area contributed by atoms with Crippen LogP contribution in [0.1, 0.15) is 30.4 Å². The Bertz CT molecular complexity index is 803. The van der Waals surface area contributed by atoms with E-state index in [4.69, 9.17) is 4.74 Å². The Labute approximate surface area is 161 Å². The highest BCUT2D eigenvalue weighted by molar-refractivity contribution is 5.59. The summed E-state index contributed by atoms with van der Waals surface area (Å²) >= 11 is 0. The van der Waals surface area contributed by atoms with E-state index in [0.29, 0.717) is 17.9 Å². The highest BCUT2D eigenvalue weighted by Gasteiger charge is 2.46. The molecule has 2 aromatic carbocycles. The normalized spacial score (nSPS) is 24.4. The summed E-state index contributed by atoms with van der Waals surface area (Å²) < 4.78 is 19.7. The first-order valence-corrected chi connectivity index (χ1v) is 9.42. The molecule has 0 radical (unpaired) electrons. The minimum atomic E-state index is -1.27.